The molecular weight excluding hydrogens is 372 g/mol. The summed E-state index contributed by atoms with van der Waals surface area (Å²) in [6.45, 7) is 2.83. The lowest BCUT2D eigenvalue weighted by atomic mass is 10.2. The molecule has 0 radical (unpaired) electrons. The summed E-state index contributed by atoms with van der Waals surface area (Å²) in [4.78, 5) is 26.4. The summed E-state index contributed by atoms with van der Waals surface area (Å²) in [6, 6.07) is 5.95. The largest absolute Gasteiger partial charge is 0.465 e. The van der Waals surface area contributed by atoms with Crippen LogP contribution in [0.1, 0.15) is 32.6 Å². The van der Waals surface area contributed by atoms with Crippen LogP contribution in [-0.4, -0.2) is 62.6 Å². The van der Waals surface area contributed by atoms with Crippen LogP contribution in [-0.2, 0) is 14.6 Å². The number of hydrogen-bond acceptors (Lipinski definition) is 5. The third-order valence-electron chi connectivity index (χ3n) is 4.43. The molecule has 1 fully saturated rings. The van der Waals surface area contributed by atoms with Gasteiger partial charge in [0, 0.05) is 18.5 Å². The molecule has 1 atom stereocenters. The van der Waals surface area contributed by atoms with Crippen molar-refractivity contribution in [1.82, 2.24) is 4.90 Å². The Hall–Kier alpha value is -2.29. The van der Waals surface area contributed by atoms with E-state index in [0.29, 0.717) is 12.2 Å². The van der Waals surface area contributed by atoms with Gasteiger partial charge in [-0.05, 0) is 30.7 Å². The van der Waals surface area contributed by atoms with Crippen LogP contribution in [0.2, 0.25) is 0 Å². The Morgan fingerprint density at radius 2 is 1.93 bits per heavy atom. The Bertz CT molecular complexity index is 763. The van der Waals surface area contributed by atoms with Gasteiger partial charge in [-0.1, -0.05) is 26.2 Å². The van der Waals surface area contributed by atoms with Crippen LogP contribution in [0, 0.1) is 0 Å². The highest BCUT2D eigenvalue weighted by atomic mass is 32.2. The van der Waals surface area contributed by atoms with E-state index in [4.69, 9.17) is 4.74 Å². The summed E-state index contributed by atoms with van der Waals surface area (Å²) in [5.41, 5.74) is 0.514. The van der Waals surface area contributed by atoms with E-state index in [9.17, 15) is 23.1 Å². The molecule has 2 amide bonds. The molecular formula is C18H26N2O6S. The fourth-order valence-electron chi connectivity index (χ4n) is 2.94. The Kier molecular flexibility index (Phi) is 7.06. The molecule has 27 heavy (non-hydrogen) atoms. The number of rotatable bonds is 9. The molecule has 8 nitrogen and oxygen atoms in total. The third-order valence-corrected chi connectivity index (χ3v) is 5.56. The number of carbonyl (C=O) groups is 2. The normalized spacial score (nSPS) is 17.0. The lowest BCUT2D eigenvalue weighted by Crippen LogP contribution is -2.39. The van der Waals surface area contributed by atoms with Gasteiger partial charge in [0.2, 0.25) is 0 Å². The molecule has 0 spiro atoms. The maximum Gasteiger partial charge on any atom is 0.414 e. The highest BCUT2D eigenvalue weighted by Crippen LogP contribution is 2.24. The molecule has 1 saturated heterocycles. The first kappa shape index (κ1) is 21.0. The van der Waals surface area contributed by atoms with Gasteiger partial charge in [0.15, 0.2) is 9.84 Å². The van der Waals surface area contributed by atoms with E-state index >= 15 is 0 Å². The van der Waals surface area contributed by atoms with Crippen molar-refractivity contribution in [1.29, 1.82) is 0 Å². The zero-order valence-corrected chi connectivity index (χ0v) is 16.4. The van der Waals surface area contributed by atoms with E-state index in [0.717, 1.165) is 31.9 Å². The van der Waals surface area contributed by atoms with E-state index < -0.39 is 28.1 Å². The van der Waals surface area contributed by atoms with E-state index in [1.165, 1.54) is 21.9 Å². The van der Waals surface area contributed by atoms with Gasteiger partial charge in [-0.25, -0.2) is 18.0 Å². The number of hydrogen-bond donors (Lipinski definition) is 1. The first-order valence-corrected chi connectivity index (χ1v) is 10.9. The second-order valence-electron chi connectivity index (χ2n) is 6.67. The minimum Gasteiger partial charge on any atom is -0.465 e. The average molecular weight is 398 g/mol. The van der Waals surface area contributed by atoms with Crippen LogP contribution in [0.4, 0.5) is 15.3 Å². The first-order valence-electron chi connectivity index (χ1n) is 8.98. The van der Waals surface area contributed by atoms with Crippen LogP contribution in [0.5, 0.6) is 0 Å². The van der Waals surface area contributed by atoms with Crippen molar-refractivity contribution in [2.45, 2.75) is 43.6 Å². The molecule has 0 aromatic heterocycles. The van der Waals surface area contributed by atoms with Crippen molar-refractivity contribution in [2.24, 2.45) is 0 Å². The number of amides is 2. The van der Waals surface area contributed by atoms with Gasteiger partial charge >= 0.3 is 12.2 Å². The highest BCUT2D eigenvalue weighted by Gasteiger charge is 2.34. The van der Waals surface area contributed by atoms with Gasteiger partial charge in [0.05, 0.1) is 18.0 Å². The molecule has 1 N–H and O–H groups in total. The van der Waals surface area contributed by atoms with Crippen molar-refractivity contribution >= 4 is 27.7 Å². The maximum absolute atomic E-state index is 12.1. The molecule has 9 heteroatoms. The van der Waals surface area contributed by atoms with Crippen LogP contribution in [0.25, 0.3) is 0 Å². The number of carbonyl (C=O) groups excluding carboxylic acids is 1. The van der Waals surface area contributed by atoms with Crippen molar-refractivity contribution in [3.8, 4) is 0 Å². The summed E-state index contributed by atoms with van der Waals surface area (Å²) < 4.78 is 28.4. The Balaban J connectivity index is 1.98. The maximum atomic E-state index is 12.1. The molecule has 1 aromatic rings. The number of sulfone groups is 1. The van der Waals surface area contributed by atoms with E-state index in [1.54, 1.807) is 12.1 Å². The Morgan fingerprint density at radius 3 is 2.48 bits per heavy atom. The second kappa shape index (κ2) is 9.07. The van der Waals surface area contributed by atoms with Gasteiger partial charge in [0.25, 0.3) is 0 Å². The van der Waals surface area contributed by atoms with Gasteiger partial charge in [0.1, 0.15) is 6.10 Å². The molecule has 1 aliphatic heterocycles. The van der Waals surface area contributed by atoms with Crippen LogP contribution in [0.3, 0.4) is 0 Å². The summed E-state index contributed by atoms with van der Waals surface area (Å²) in [6.07, 6.45) is 2.82. The number of unbranched alkanes of at least 4 members (excludes halogenated alkanes) is 3. The number of ether oxygens (including phenoxy) is 1. The van der Waals surface area contributed by atoms with Crippen LogP contribution < -0.4 is 4.90 Å². The van der Waals surface area contributed by atoms with Crippen molar-refractivity contribution < 1.29 is 27.9 Å². The fourth-order valence-corrected chi connectivity index (χ4v) is 3.57. The second-order valence-corrected chi connectivity index (χ2v) is 8.69. The summed E-state index contributed by atoms with van der Waals surface area (Å²) in [5.74, 6) is 0. The fraction of sp³-hybridized carbons (Fsp3) is 0.556. The summed E-state index contributed by atoms with van der Waals surface area (Å²) in [7, 11) is -3.31. The predicted molar refractivity (Wildman–Crippen MR) is 101 cm³/mol. The van der Waals surface area contributed by atoms with Crippen LogP contribution >= 0.6 is 0 Å². The molecule has 1 aliphatic rings. The molecule has 1 heterocycles. The summed E-state index contributed by atoms with van der Waals surface area (Å²) in [5, 5.41) is 9.36. The average Bonchev–Trinajstić information content (AvgIpc) is 2.97. The molecule has 0 bridgehead atoms. The Labute approximate surface area is 159 Å². The Morgan fingerprint density at radius 1 is 1.26 bits per heavy atom. The van der Waals surface area contributed by atoms with Gasteiger partial charge in [-0.2, -0.15) is 0 Å². The molecule has 0 aliphatic carbocycles. The van der Waals surface area contributed by atoms with Gasteiger partial charge in [-0.3, -0.25) is 4.90 Å². The minimum absolute atomic E-state index is 0.116. The van der Waals surface area contributed by atoms with E-state index in [2.05, 4.69) is 6.92 Å². The first-order chi connectivity index (χ1) is 12.7. The number of carboxylic acid groups (broad SMARTS) is 1. The van der Waals surface area contributed by atoms with Crippen molar-refractivity contribution in [3.63, 3.8) is 0 Å². The zero-order chi connectivity index (χ0) is 20.0. The predicted octanol–water partition coefficient (Wildman–Crippen LogP) is 2.98. The molecule has 1 aromatic carbocycles. The monoisotopic (exact) mass is 398 g/mol. The molecule has 150 valence electrons. The topological polar surface area (TPSA) is 104 Å². The summed E-state index contributed by atoms with van der Waals surface area (Å²) >= 11 is 0. The third kappa shape index (κ3) is 5.85. The van der Waals surface area contributed by atoms with Gasteiger partial charge in [-0.15, -0.1) is 0 Å². The number of benzene rings is 1. The minimum atomic E-state index is -3.31. The quantitative estimate of drug-likeness (QED) is 0.641. The number of anilines is 1. The smallest absolute Gasteiger partial charge is 0.414 e. The van der Waals surface area contributed by atoms with Gasteiger partial charge < -0.3 is 14.7 Å². The lowest BCUT2D eigenvalue weighted by Gasteiger charge is -2.21. The highest BCUT2D eigenvalue weighted by molar-refractivity contribution is 7.90. The molecule has 1 unspecified atom stereocenters. The molecule has 2 rings (SSSR count). The van der Waals surface area contributed by atoms with Crippen molar-refractivity contribution in [2.75, 3.05) is 30.8 Å². The lowest BCUT2D eigenvalue weighted by molar-refractivity contribution is 0.0960. The molecule has 0 saturated carbocycles. The van der Waals surface area contributed by atoms with Crippen molar-refractivity contribution in [3.05, 3.63) is 24.3 Å². The standard InChI is InChI=1S/C18H26N2O6S/c1-3-4-5-6-11-19(17(21)22)12-15-13-20(18(23)26-15)14-7-9-16(10-8-14)27(2,24)25/h7-10,15H,3-6,11-13H2,1-2H3,(H,21,22). The number of cyclic esters (lactones) is 1. The van der Waals surface area contributed by atoms with Crippen LogP contribution in [0.15, 0.2) is 29.2 Å². The SMILES string of the molecule is CCCCCCN(CC1CN(c2ccc(S(C)(=O)=O)cc2)C(=O)O1)C(=O)O. The van der Waals surface area contributed by atoms with E-state index in [-0.39, 0.29) is 18.0 Å². The zero-order valence-electron chi connectivity index (χ0n) is 15.6. The number of nitrogens with zero attached hydrogens (tertiary/aromatic N) is 2. The van der Waals surface area contributed by atoms with E-state index in [1.807, 2.05) is 0 Å².